The Morgan fingerprint density at radius 2 is 1.04 bits per heavy atom. The number of nitrogens with one attached hydrogen (secondary N) is 1. The molecule has 0 atom stereocenters. The molecule has 4 rings (SSSR count). The van der Waals surface area contributed by atoms with E-state index in [0.29, 0.717) is 21.4 Å². The van der Waals surface area contributed by atoms with E-state index in [-0.39, 0.29) is 62.5 Å². The van der Waals surface area contributed by atoms with Crippen LogP contribution in [0.25, 0.3) is 0 Å². The first-order chi connectivity index (χ1) is 21.5. The van der Waals surface area contributed by atoms with Crippen molar-refractivity contribution in [1.29, 1.82) is 0 Å². The second-order valence-corrected chi connectivity index (χ2v) is 10.4. The van der Waals surface area contributed by atoms with Gasteiger partial charge in [0.25, 0.3) is 0 Å². The monoisotopic (exact) mass is 711 g/mol. The molecule has 0 fully saturated rings. The molecule has 11 nitrogen and oxygen atoms in total. The number of aromatic hydroxyl groups is 1. The van der Waals surface area contributed by atoms with Gasteiger partial charge in [0.2, 0.25) is 0 Å². The van der Waals surface area contributed by atoms with E-state index in [9.17, 15) is 20.4 Å². The summed E-state index contributed by atoms with van der Waals surface area (Å²) in [6, 6.07) is 17.0. The van der Waals surface area contributed by atoms with Crippen LogP contribution < -0.4 is 32.1 Å². The molecule has 46 heavy (non-hydrogen) atoms. The molecule has 0 bridgehead atoms. The van der Waals surface area contributed by atoms with Gasteiger partial charge in [0.15, 0.2) is 0 Å². The van der Waals surface area contributed by atoms with Gasteiger partial charge < -0.3 is 37.2 Å². The zero-order valence-corrected chi connectivity index (χ0v) is 27.9. The number of azo groups is 2. The SMILES string of the molecule is CCCCNCCCC.Nc1ccc(N=Nc2cc(Cl)ccc2[O-])c(O)c1.Nc1ccc(N=Nc2cc(Cl)ccc2[O-])c([O-])c1.[Co+3]. The Morgan fingerprint density at radius 1 is 0.609 bits per heavy atom. The smallest absolute Gasteiger partial charge is 0.871 e. The molecule has 0 radical (unpaired) electrons. The Labute approximate surface area is 289 Å². The van der Waals surface area contributed by atoms with Crippen molar-refractivity contribution in [3.63, 3.8) is 0 Å². The van der Waals surface area contributed by atoms with E-state index in [2.05, 4.69) is 39.6 Å². The van der Waals surface area contributed by atoms with Crippen LogP contribution in [-0.2, 0) is 16.8 Å². The zero-order valence-electron chi connectivity index (χ0n) is 25.4. The van der Waals surface area contributed by atoms with Gasteiger partial charge in [-0.1, -0.05) is 79.3 Å². The van der Waals surface area contributed by atoms with Gasteiger partial charge >= 0.3 is 16.8 Å². The van der Waals surface area contributed by atoms with Crippen LogP contribution in [0.4, 0.5) is 34.1 Å². The second-order valence-electron chi connectivity index (χ2n) is 9.56. The first-order valence-electron chi connectivity index (χ1n) is 14.2. The Balaban J connectivity index is 0.000000362. The molecular formula is C32H36Cl2CoN7O4. The largest absolute Gasteiger partial charge is 3.00 e. The number of nitrogens with two attached hydrogens (primary N) is 2. The number of nitrogen functional groups attached to an aromatic ring is 2. The molecule has 14 heteroatoms. The van der Waals surface area contributed by atoms with Crippen molar-refractivity contribution < 1.29 is 37.2 Å². The number of unbranched alkanes of at least 4 members (excludes halogenated alkanes) is 2. The molecule has 4 aromatic rings. The molecule has 0 saturated heterocycles. The van der Waals surface area contributed by atoms with Crippen LogP contribution in [0.1, 0.15) is 39.5 Å². The summed E-state index contributed by atoms with van der Waals surface area (Å²) in [4.78, 5) is 0. The number of hydrogen-bond acceptors (Lipinski definition) is 11. The van der Waals surface area contributed by atoms with Gasteiger partial charge in [0.1, 0.15) is 11.4 Å². The average molecular weight is 713 g/mol. The molecule has 0 unspecified atom stereocenters. The zero-order chi connectivity index (χ0) is 33.2. The van der Waals surface area contributed by atoms with Crippen LogP contribution in [0.5, 0.6) is 23.0 Å². The van der Waals surface area contributed by atoms with Crippen LogP contribution in [0, 0.1) is 0 Å². The molecule has 0 saturated carbocycles. The topological polar surface area (TPSA) is 203 Å². The normalized spacial score (nSPS) is 10.5. The number of nitrogens with zero attached hydrogens (tertiary/aromatic N) is 4. The van der Waals surface area contributed by atoms with Gasteiger partial charge in [-0.25, -0.2) is 0 Å². The standard InChI is InChI=1S/2C12H10ClN3O2.C8H19N.Co/c2*13-7-1-4-11(17)10(5-7)16-15-9-3-2-8(14)6-12(9)18;1-3-5-7-9-8-6-4-2;/h2*1-6,17-18H,14H2;9H,3-8H2,1-2H3;/q;;;+3/p-3. The van der Waals surface area contributed by atoms with Crippen molar-refractivity contribution in [1.82, 2.24) is 5.32 Å². The minimum Gasteiger partial charge on any atom is -0.871 e. The van der Waals surface area contributed by atoms with Crippen molar-refractivity contribution in [2.45, 2.75) is 39.5 Å². The summed E-state index contributed by atoms with van der Waals surface area (Å²) in [6.07, 6.45) is 5.26. The van der Waals surface area contributed by atoms with E-state index < -0.39 is 0 Å². The van der Waals surface area contributed by atoms with Crippen molar-refractivity contribution in [3.05, 3.63) is 82.8 Å². The minimum absolute atomic E-state index is 0. The number of rotatable bonds is 10. The fraction of sp³-hybridized carbons (Fsp3) is 0.250. The summed E-state index contributed by atoms with van der Waals surface area (Å²) >= 11 is 11.5. The van der Waals surface area contributed by atoms with Crippen molar-refractivity contribution in [2.75, 3.05) is 24.6 Å². The molecule has 0 aliphatic rings. The Kier molecular flexibility index (Phi) is 18.8. The molecule has 0 aliphatic heterocycles. The Hall–Kier alpha value is -4.07. The van der Waals surface area contributed by atoms with Gasteiger partial charge in [-0.2, -0.15) is 15.3 Å². The van der Waals surface area contributed by atoms with Gasteiger partial charge in [-0.3, -0.25) is 0 Å². The molecule has 4 aromatic carbocycles. The van der Waals surface area contributed by atoms with Crippen LogP contribution in [0.2, 0.25) is 10.0 Å². The Bertz CT molecular complexity index is 1460. The number of phenolic OH excluding ortho intramolecular Hbond substituents is 1. The van der Waals surface area contributed by atoms with Gasteiger partial charge in [0, 0.05) is 27.5 Å². The fourth-order valence-electron chi connectivity index (χ4n) is 3.32. The molecule has 0 amide bonds. The van der Waals surface area contributed by atoms with Crippen molar-refractivity contribution in [2.24, 2.45) is 20.5 Å². The third-order valence-corrected chi connectivity index (χ3v) is 6.24. The maximum atomic E-state index is 11.5. The molecule has 6 N–H and O–H groups in total. The van der Waals surface area contributed by atoms with E-state index in [0.717, 1.165) is 0 Å². The first kappa shape index (κ1) is 40.0. The summed E-state index contributed by atoms with van der Waals surface area (Å²) in [7, 11) is 0. The quantitative estimate of drug-likeness (QED) is 0.0730. The summed E-state index contributed by atoms with van der Waals surface area (Å²) in [5.74, 6) is -1.06. The fourth-order valence-corrected chi connectivity index (χ4v) is 3.65. The molecule has 246 valence electrons. The first-order valence-corrected chi connectivity index (χ1v) is 14.9. The molecule has 0 aromatic heterocycles. The summed E-state index contributed by atoms with van der Waals surface area (Å²) in [5, 5.41) is 63.0. The maximum absolute atomic E-state index is 11.5. The van der Waals surface area contributed by atoms with E-state index in [1.807, 2.05) is 0 Å². The van der Waals surface area contributed by atoms with E-state index in [1.54, 1.807) is 6.07 Å². The van der Waals surface area contributed by atoms with Crippen molar-refractivity contribution in [3.8, 4) is 23.0 Å². The average Bonchev–Trinajstić information content (AvgIpc) is 3.00. The number of benzene rings is 4. The van der Waals surface area contributed by atoms with Crippen LogP contribution in [0.3, 0.4) is 0 Å². The third kappa shape index (κ3) is 14.8. The van der Waals surface area contributed by atoms with Gasteiger partial charge in [-0.15, -0.1) is 5.11 Å². The van der Waals surface area contributed by atoms with E-state index in [1.165, 1.54) is 106 Å². The van der Waals surface area contributed by atoms with Gasteiger partial charge in [-0.05, 0) is 80.5 Å². The number of anilines is 2. The summed E-state index contributed by atoms with van der Waals surface area (Å²) < 4.78 is 0. The molecule has 0 spiro atoms. The minimum atomic E-state index is -0.353. The second kappa shape index (κ2) is 21.6. The van der Waals surface area contributed by atoms with Crippen molar-refractivity contribution >= 4 is 57.3 Å². The summed E-state index contributed by atoms with van der Waals surface area (Å²) in [6.45, 7) is 6.86. The number of halogens is 2. The Morgan fingerprint density at radius 3 is 1.50 bits per heavy atom. The predicted octanol–water partition coefficient (Wildman–Crippen LogP) is 7.78. The third-order valence-electron chi connectivity index (χ3n) is 5.77. The van der Waals surface area contributed by atoms with Crippen LogP contribution in [0.15, 0.2) is 93.3 Å². The van der Waals surface area contributed by atoms with Gasteiger partial charge in [0.05, 0.1) is 17.1 Å². The van der Waals surface area contributed by atoms with E-state index in [4.69, 9.17) is 34.7 Å². The molecule has 0 heterocycles. The number of hydrogen-bond donors (Lipinski definition) is 4. The van der Waals surface area contributed by atoms with Crippen LogP contribution >= 0.6 is 23.2 Å². The summed E-state index contributed by atoms with van der Waals surface area (Å²) in [5.41, 5.74) is 12.2. The molecular weight excluding hydrogens is 676 g/mol. The van der Waals surface area contributed by atoms with Crippen LogP contribution in [-0.4, -0.2) is 18.2 Å². The van der Waals surface area contributed by atoms with E-state index >= 15 is 0 Å². The number of phenols is 1. The molecule has 0 aliphatic carbocycles. The predicted molar refractivity (Wildman–Crippen MR) is 176 cm³/mol. The maximum Gasteiger partial charge on any atom is 3.00 e.